The summed E-state index contributed by atoms with van der Waals surface area (Å²) in [5.74, 6) is -0.278. The molecule has 0 saturated heterocycles. The molecule has 0 aliphatic rings. The molecule has 0 spiro atoms. The molecule has 1 aromatic carbocycles. The van der Waals surface area contributed by atoms with Gasteiger partial charge in [0, 0.05) is 24.8 Å². The number of Topliss-reactive ketones (excluding diaryl/α,β-unsaturated/α-hetero) is 1. The molecule has 0 N–H and O–H groups in total. The maximum Gasteiger partial charge on any atom is 0.280 e. The van der Waals surface area contributed by atoms with E-state index < -0.39 is 4.92 Å². The Bertz CT molecular complexity index is 472. The summed E-state index contributed by atoms with van der Waals surface area (Å²) < 4.78 is 0. The second-order valence-corrected chi connectivity index (χ2v) is 4.45. The minimum absolute atomic E-state index is 0.122. The molecule has 0 aliphatic heterocycles. The molecule has 5 heteroatoms. The Balaban J connectivity index is 3.13. The molecule has 0 aliphatic carbocycles. The molecule has 5 nitrogen and oxygen atoms in total. The third-order valence-corrected chi connectivity index (χ3v) is 3.08. The summed E-state index contributed by atoms with van der Waals surface area (Å²) in [4.78, 5) is 24.0. The average molecular weight is 264 g/mol. The Morgan fingerprint density at radius 2 is 2.05 bits per heavy atom. The number of carbonyl (C=O) groups is 1. The molecular weight excluding hydrogens is 244 g/mol. The van der Waals surface area contributed by atoms with E-state index in [-0.39, 0.29) is 17.0 Å². The van der Waals surface area contributed by atoms with E-state index in [0.29, 0.717) is 0 Å². The normalized spacial score (nSPS) is 10.3. The maximum atomic E-state index is 11.5. The Hall–Kier alpha value is -1.91. The van der Waals surface area contributed by atoms with Crippen LogP contribution in [0.2, 0.25) is 0 Å². The minimum atomic E-state index is -0.511. The van der Waals surface area contributed by atoms with Gasteiger partial charge in [0.2, 0.25) is 0 Å². The number of carbonyl (C=O) groups excluding carboxylic acids is 1. The van der Waals surface area contributed by atoms with Gasteiger partial charge in [0.1, 0.15) is 0 Å². The largest absolute Gasteiger partial charge is 0.372 e. The van der Waals surface area contributed by atoms with Crippen LogP contribution in [0.4, 0.5) is 11.4 Å². The minimum Gasteiger partial charge on any atom is -0.372 e. The van der Waals surface area contributed by atoms with Crippen LogP contribution in [0.25, 0.3) is 0 Å². The van der Waals surface area contributed by atoms with Gasteiger partial charge in [0.25, 0.3) is 5.69 Å². The Morgan fingerprint density at radius 1 is 1.37 bits per heavy atom. The SMILES string of the molecule is CCCCN(CC)c1ccc([N+](=O)[O-])c(C(C)=O)c1. The first-order chi connectivity index (χ1) is 9.01. The van der Waals surface area contributed by atoms with Gasteiger partial charge in [0.05, 0.1) is 10.5 Å². The first-order valence-electron chi connectivity index (χ1n) is 6.55. The monoisotopic (exact) mass is 264 g/mol. The van der Waals surface area contributed by atoms with E-state index in [9.17, 15) is 14.9 Å². The number of nitro benzene ring substituents is 1. The van der Waals surface area contributed by atoms with E-state index in [1.54, 1.807) is 12.1 Å². The van der Waals surface area contributed by atoms with Crippen LogP contribution in [-0.2, 0) is 0 Å². The van der Waals surface area contributed by atoms with Crippen molar-refractivity contribution in [3.05, 3.63) is 33.9 Å². The number of rotatable bonds is 7. The van der Waals surface area contributed by atoms with Gasteiger partial charge >= 0.3 is 0 Å². The molecule has 0 saturated carbocycles. The zero-order valence-electron chi connectivity index (χ0n) is 11.7. The lowest BCUT2D eigenvalue weighted by Gasteiger charge is -2.23. The summed E-state index contributed by atoms with van der Waals surface area (Å²) in [6.07, 6.45) is 2.14. The summed E-state index contributed by atoms with van der Waals surface area (Å²) >= 11 is 0. The summed E-state index contributed by atoms with van der Waals surface area (Å²) in [7, 11) is 0. The van der Waals surface area contributed by atoms with Gasteiger partial charge in [-0.05, 0) is 32.4 Å². The Morgan fingerprint density at radius 3 is 2.53 bits per heavy atom. The van der Waals surface area contributed by atoms with Gasteiger partial charge in [0.15, 0.2) is 5.78 Å². The molecular formula is C14H20N2O3. The van der Waals surface area contributed by atoms with Crippen molar-refractivity contribution < 1.29 is 9.72 Å². The number of ketones is 1. The molecule has 0 aromatic heterocycles. The lowest BCUT2D eigenvalue weighted by Crippen LogP contribution is -2.24. The van der Waals surface area contributed by atoms with Gasteiger partial charge < -0.3 is 4.90 Å². The first-order valence-corrected chi connectivity index (χ1v) is 6.55. The molecule has 0 radical (unpaired) electrons. The zero-order valence-corrected chi connectivity index (χ0v) is 11.7. The molecule has 0 amide bonds. The second-order valence-electron chi connectivity index (χ2n) is 4.45. The second kappa shape index (κ2) is 6.87. The van der Waals surface area contributed by atoms with Crippen molar-refractivity contribution >= 4 is 17.2 Å². The van der Waals surface area contributed by atoms with Crippen molar-refractivity contribution in [2.75, 3.05) is 18.0 Å². The molecule has 19 heavy (non-hydrogen) atoms. The van der Waals surface area contributed by atoms with Crippen LogP contribution in [0.1, 0.15) is 44.0 Å². The molecule has 0 atom stereocenters. The number of anilines is 1. The van der Waals surface area contributed by atoms with E-state index in [1.165, 1.54) is 13.0 Å². The number of nitrogens with zero attached hydrogens (tertiary/aromatic N) is 2. The molecule has 1 aromatic rings. The molecule has 0 fully saturated rings. The highest BCUT2D eigenvalue weighted by Gasteiger charge is 2.18. The number of benzene rings is 1. The van der Waals surface area contributed by atoms with Crippen molar-refractivity contribution in [2.45, 2.75) is 33.6 Å². The predicted octanol–water partition coefficient (Wildman–Crippen LogP) is 3.42. The summed E-state index contributed by atoms with van der Waals surface area (Å²) in [5.41, 5.74) is 0.923. The fraction of sp³-hybridized carbons (Fsp3) is 0.500. The fourth-order valence-corrected chi connectivity index (χ4v) is 1.98. The highest BCUT2D eigenvalue weighted by molar-refractivity contribution is 5.99. The molecule has 0 unspecified atom stereocenters. The lowest BCUT2D eigenvalue weighted by molar-refractivity contribution is -0.385. The number of nitro groups is 1. The summed E-state index contributed by atoms with van der Waals surface area (Å²) in [6.45, 7) is 7.21. The molecule has 0 heterocycles. The first kappa shape index (κ1) is 15.1. The van der Waals surface area contributed by atoms with Crippen LogP contribution in [0.15, 0.2) is 18.2 Å². The summed E-state index contributed by atoms with van der Waals surface area (Å²) in [5, 5.41) is 10.9. The van der Waals surface area contributed by atoms with Crippen LogP contribution in [0, 0.1) is 10.1 Å². The highest BCUT2D eigenvalue weighted by atomic mass is 16.6. The Labute approximate surface area is 113 Å². The van der Waals surface area contributed by atoms with Gasteiger partial charge in [-0.1, -0.05) is 13.3 Å². The molecule has 0 bridgehead atoms. The van der Waals surface area contributed by atoms with E-state index in [1.807, 2.05) is 6.92 Å². The van der Waals surface area contributed by atoms with Gasteiger partial charge in [-0.3, -0.25) is 14.9 Å². The van der Waals surface area contributed by atoms with Crippen molar-refractivity contribution in [1.29, 1.82) is 0 Å². The Kier molecular flexibility index (Phi) is 5.48. The van der Waals surface area contributed by atoms with Crippen LogP contribution in [-0.4, -0.2) is 23.8 Å². The third kappa shape index (κ3) is 3.77. The zero-order chi connectivity index (χ0) is 14.4. The highest BCUT2D eigenvalue weighted by Crippen LogP contribution is 2.25. The van der Waals surface area contributed by atoms with Crippen LogP contribution < -0.4 is 4.90 Å². The van der Waals surface area contributed by atoms with Crippen molar-refractivity contribution in [2.24, 2.45) is 0 Å². The van der Waals surface area contributed by atoms with Crippen molar-refractivity contribution in [3.63, 3.8) is 0 Å². The maximum absolute atomic E-state index is 11.5. The predicted molar refractivity (Wildman–Crippen MR) is 75.9 cm³/mol. The number of hydrogen-bond donors (Lipinski definition) is 0. The number of hydrogen-bond acceptors (Lipinski definition) is 4. The standard InChI is InChI=1S/C14H20N2O3/c1-4-6-9-15(5-2)12-7-8-14(16(18)19)13(10-12)11(3)17/h7-8,10H,4-6,9H2,1-3H3. The van der Waals surface area contributed by atoms with E-state index in [4.69, 9.17) is 0 Å². The quantitative estimate of drug-likeness (QED) is 0.430. The molecule has 104 valence electrons. The van der Waals surface area contributed by atoms with Crippen molar-refractivity contribution in [1.82, 2.24) is 0 Å². The van der Waals surface area contributed by atoms with Crippen LogP contribution in [0.3, 0.4) is 0 Å². The van der Waals surface area contributed by atoms with Crippen LogP contribution in [0.5, 0.6) is 0 Å². The van der Waals surface area contributed by atoms with E-state index >= 15 is 0 Å². The summed E-state index contributed by atoms with van der Waals surface area (Å²) in [6, 6.07) is 4.75. The van der Waals surface area contributed by atoms with Gasteiger partial charge in [-0.15, -0.1) is 0 Å². The smallest absolute Gasteiger partial charge is 0.280 e. The average Bonchev–Trinajstić information content (AvgIpc) is 2.39. The lowest BCUT2D eigenvalue weighted by atomic mass is 10.1. The third-order valence-electron chi connectivity index (χ3n) is 3.08. The fourth-order valence-electron chi connectivity index (χ4n) is 1.98. The topological polar surface area (TPSA) is 63.4 Å². The van der Waals surface area contributed by atoms with Gasteiger partial charge in [-0.25, -0.2) is 0 Å². The molecule has 1 rings (SSSR count). The number of unbranched alkanes of at least 4 members (excludes halogenated alkanes) is 1. The van der Waals surface area contributed by atoms with Crippen molar-refractivity contribution in [3.8, 4) is 0 Å². The van der Waals surface area contributed by atoms with E-state index in [2.05, 4.69) is 11.8 Å². The van der Waals surface area contributed by atoms with E-state index in [0.717, 1.165) is 31.6 Å². The van der Waals surface area contributed by atoms with Gasteiger partial charge in [-0.2, -0.15) is 0 Å². The van der Waals surface area contributed by atoms with Crippen LogP contribution >= 0.6 is 0 Å².